The molecule has 1 aromatic rings. The summed E-state index contributed by atoms with van der Waals surface area (Å²) in [6, 6.07) is 9.84. The first kappa shape index (κ1) is 22.2. The minimum absolute atomic E-state index is 0.0200. The lowest BCUT2D eigenvalue weighted by Crippen LogP contribution is -2.42. The van der Waals surface area contributed by atoms with Gasteiger partial charge in [0.25, 0.3) is 0 Å². The van der Waals surface area contributed by atoms with Crippen molar-refractivity contribution in [2.75, 3.05) is 27.7 Å². The van der Waals surface area contributed by atoms with E-state index in [4.69, 9.17) is 5.73 Å². The van der Waals surface area contributed by atoms with Crippen molar-refractivity contribution in [1.82, 2.24) is 16.0 Å². The van der Waals surface area contributed by atoms with Crippen LogP contribution in [0.25, 0.3) is 0 Å². The highest BCUT2D eigenvalue weighted by atomic mass is 16.2. The Labute approximate surface area is 145 Å². The molecule has 6 nitrogen and oxygen atoms in total. The number of carbonyl (C=O) groups excluding carboxylic acids is 2. The van der Waals surface area contributed by atoms with Gasteiger partial charge in [-0.1, -0.05) is 36.8 Å². The van der Waals surface area contributed by atoms with Crippen LogP contribution in [0.1, 0.15) is 24.8 Å². The molecule has 0 fully saturated rings. The number of aldehydes is 1. The molecule has 5 N–H and O–H groups in total. The normalized spacial score (nSPS) is 12.5. The first-order chi connectivity index (χ1) is 11.6. The predicted molar refractivity (Wildman–Crippen MR) is 98.9 cm³/mol. The second kappa shape index (κ2) is 14.8. The standard InChI is InChI=1S/C11H16N2O.C7H16N2O/c1-12-10(11(14)13-2)8-9-6-4-3-5-7-9;1-9-7(6-10)4-2-3-5-8/h3-7,10,12H,8H2,1-2H3,(H,13,14);6-7,9H,2-5,8H2,1H3. The second-order valence-corrected chi connectivity index (χ2v) is 5.46. The summed E-state index contributed by atoms with van der Waals surface area (Å²) < 4.78 is 0. The minimum atomic E-state index is -0.151. The van der Waals surface area contributed by atoms with Crippen molar-refractivity contribution in [3.05, 3.63) is 35.9 Å². The van der Waals surface area contributed by atoms with Crippen LogP contribution in [0, 0.1) is 0 Å². The molecule has 0 heterocycles. The van der Waals surface area contributed by atoms with Gasteiger partial charge in [-0.2, -0.15) is 0 Å². The van der Waals surface area contributed by atoms with Crippen molar-refractivity contribution in [3.63, 3.8) is 0 Å². The van der Waals surface area contributed by atoms with Crippen molar-refractivity contribution in [2.24, 2.45) is 5.73 Å². The van der Waals surface area contributed by atoms with Crippen LogP contribution in [0.3, 0.4) is 0 Å². The fraction of sp³-hybridized carbons (Fsp3) is 0.556. The number of hydrogen-bond acceptors (Lipinski definition) is 5. The number of benzene rings is 1. The molecular weight excluding hydrogens is 304 g/mol. The zero-order chi connectivity index (χ0) is 18.2. The summed E-state index contributed by atoms with van der Waals surface area (Å²) >= 11 is 0. The Hall–Kier alpha value is -1.76. The van der Waals surface area contributed by atoms with E-state index in [0.29, 0.717) is 0 Å². The number of likely N-dealkylation sites (N-methyl/N-ethyl adjacent to an activating group) is 3. The van der Waals surface area contributed by atoms with Gasteiger partial charge in [0.1, 0.15) is 6.29 Å². The van der Waals surface area contributed by atoms with Gasteiger partial charge in [-0.15, -0.1) is 0 Å². The van der Waals surface area contributed by atoms with Gasteiger partial charge < -0.3 is 26.5 Å². The predicted octanol–water partition coefficient (Wildman–Crippen LogP) is 0.465. The fourth-order valence-corrected chi connectivity index (χ4v) is 2.14. The molecule has 1 rings (SSSR count). The smallest absolute Gasteiger partial charge is 0.237 e. The van der Waals surface area contributed by atoms with Crippen LogP contribution in [0.4, 0.5) is 0 Å². The first-order valence-corrected chi connectivity index (χ1v) is 8.38. The lowest BCUT2D eigenvalue weighted by Gasteiger charge is -2.14. The van der Waals surface area contributed by atoms with Crippen LogP contribution < -0.4 is 21.7 Å². The van der Waals surface area contributed by atoms with E-state index in [-0.39, 0.29) is 18.0 Å². The molecule has 136 valence electrons. The molecule has 0 aliphatic rings. The molecule has 0 saturated heterocycles. The van der Waals surface area contributed by atoms with E-state index in [0.717, 1.165) is 44.1 Å². The molecule has 24 heavy (non-hydrogen) atoms. The number of nitrogens with one attached hydrogen (secondary N) is 3. The lowest BCUT2D eigenvalue weighted by atomic mass is 10.1. The molecule has 0 radical (unpaired) electrons. The third kappa shape index (κ3) is 10.1. The van der Waals surface area contributed by atoms with Crippen molar-refractivity contribution in [1.29, 1.82) is 0 Å². The molecule has 2 unspecified atom stereocenters. The van der Waals surface area contributed by atoms with Crippen molar-refractivity contribution in [2.45, 2.75) is 37.8 Å². The molecule has 0 saturated carbocycles. The zero-order valence-corrected chi connectivity index (χ0v) is 15.0. The van der Waals surface area contributed by atoms with Crippen molar-refractivity contribution >= 4 is 12.2 Å². The fourth-order valence-electron chi connectivity index (χ4n) is 2.14. The molecule has 0 aliphatic heterocycles. The maximum absolute atomic E-state index is 11.4. The van der Waals surface area contributed by atoms with Gasteiger partial charge in [0.05, 0.1) is 12.1 Å². The summed E-state index contributed by atoms with van der Waals surface area (Å²) in [6.45, 7) is 0.718. The number of nitrogens with two attached hydrogens (primary N) is 1. The highest BCUT2D eigenvalue weighted by Crippen LogP contribution is 2.02. The van der Waals surface area contributed by atoms with Crippen LogP contribution in [0.2, 0.25) is 0 Å². The Morgan fingerprint density at radius 3 is 2.25 bits per heavy atom. The minimum Gasteiger partial charge on any atom is -0.358 e. The van der Waals surface area contributed by atoms with Gasteiger partial charge in [0, 0.05) is 7.05 Å². The maximum atomic E-state index is 11.4. The number of hydrogen-bond donors (Lipinski definition) is 4. The van der Waals surface area contributed by atoms with Crippen LogP contribution >= 0.6 is 0 Å². The zero-order valence-electron chi connectivity index (χ0n) is 15.0. The molecule has 0 bridgehead atoms. The first-order valence-electron chi connectivity index (χ1n) is 8.38. The van der Waals surface area contributed by atoms with Gasteiger partial charge in [-0.25, -0.2) is 0 Å². The van der Waals surface area contributed by atoms with E-state index < -0.39 is 0 Å². The van der Waals surface area contributed by atoms with Gasteiger partial charge >= 0.3 is 0 Å². The molecular formula is C18H32N4O2. The average Bonchev–Trinajstić information content (AvgIpc) is 2.64. The number of unbranched alkanes of at least 4 members (excludes halogenated alkanes) is 1. The lowest BCUT2D eigenvalue weighted by molar-refractivity contribution is -0.122. The van der Waals surface area contributed by atoms with Gasteiger partial charge in [-0.3, -0.25) is 4.79 Å². The van der Waals surface area contributed by atoms with Crippen LogP contribution in [0.15, 0.2) is 30.3 Å². The van der Waals surface area contributed by atoms with E-state index in [1.165, 1.54) is 0 Å². The van der Waals surface area contributed by atoms with Crippen molar-refractivity contribution < 1.29 is 9.59 Å². The molecule has 0 spiro atoms. The largest absolute Gasteiger partial charge is 0.358 e. The molecule has 0 aliphatic carbocycles. The summed E-state index contributed by atoms with van der Waals surface area (Å²) in [4.78, 5) is 21.6. The Kier molecular flexibility index (Phi) is 13.7. The SMILES string of the molecule is CNC(=O)C(Cc1ccccc1)NC.CNC(C=O)CCCCN. The van der Waals surface area contributed by atoms with Crippen LogP contribution in [-0.2, 0) is 16.0 Å². The number of rotatable bonds is 10. The highest BCUT2D eigenvalue weighted by molar-refractivity contribution is 5.81. The Morgan fingerprint density at radius 1 is 1.12 bits per heavy atom. The van der Waals surface area contributed by atoms with E-state index >= 15 is 0 Å². The molecule has 2 atom stereocenters. The van der Waals surface area contributed by atoms with E-state index in [2.05, 4.69) is 16.0 Å². The summed E-state index contributed by atoms with van der Waals surface area (Å²) in [5.74, 6) is 0.0244. The quantitative estimate of drug-likeness (QED) is 0.368. The molecule has 6 heteroatoms. The third-order valence-electron chi connectivity index (χ3n) is 3.70. The van der Waals surface area contributed by atoms with Gasteiger partial charge in [0.2, 0.25) is 5.91 Å². The Bertz CT molecular complexity index is 440. The van der Waals surface area contributed by atoms with E-state index in [1.807, 2.05) is 30.3 Å². The van der Waals surface area contributed by atoms with Crippen LogP contribution in [0.5, 0.6) is 0 Å². The maximum Gasteiger partial charge on any atom is 0.237 e. The van der Waals surface area contributed by atoms with Crippen LogP contribution in [-0.4, -0.2) is 52.0 Å². The summed E-state index contributed by atoms with van der Waals surface area (Å²) in [5.41, 5.74) is 6.45. The highest BCUT2D eigenvalue weighted by Gasteiger charge is 2.14. The number of amides is 1. The van der Waals surface area contributed by atoms with Gasteiger partial charge in [0.15, 0.2) is 0 Å². The van der Waals surface area contributed by atoms with Gasteiger partial charge in [-0.05, 0) is 45.5 Å². The van der Waals surface area contributed by atoms with E-state index in [1.54, 1.807) is 21.1 Å². The molecule has 1 amide bonds. The average molecular weight is 336 g/mol. The third-order valence-corrected chi connectivity index (χ3v) is 3.70. The molecule has 0 aromatic heterocycles. The monoisotopic (exact) mass is 336 g/mol. The Balaban J connectivity index is 0.000000470. The van der Waals surface area contributed by atoms with Crippen molar-refractivity contribution in [3.8, 4) is 0 Å². The summed E-state index contributed by atoms with van der Waals surface area (Å²) in [5, 5.41) is 8.53. The van der Waals surface area contributed by atoms with E-state index in [9.17, 15) is 9.59 Å². The Morgan fingerprint density at radius 2 is 1.79 bits per heavy atom. The summed E-state index contributed by atoms with van der Waals surface area (Å²) in [6.07, 6.45) is 4.59. The number of carbonyl (C=O) groups is 2. The summed E-state index contributed by atoms with van der Waals surface area (Å²) in [7, 11) is 5.24. The second-order valence-electron chi connectivity index (χ2n) is 5.46. The molecule has 1 aromatic carbocycles. The topological polar surface area (TPSA) is 96.2 Å².